The lowest BCUT2D eigenvalue weighted by Crippen LogP contribution is -2.40. The Balaban J connectivity index is 1.23. The second-order valence-electron chi connectivity index (χ2n) is 7.72. The van der Waals surface area contributed by atoms with Crippen LogP contribution in [-0.2, 0) is 4.79 Å². The molecular formula is C21H23N5O4. The smallest absolute Gasteiger partial charge is 0.238 e. The molecule has 9 nitrogen and oxygen atoms in total. The normalized spacial score (nSPS) is 18.5. The number of carbonyl (C=O) groups is 1. The number of aromatic nitrogens is 3. The topological polar surface area (TPSA) is 106 Å². The summed E-state index contributed by atoms with van der Waals surface area (Å²) >= 11 is 0. The fourth-order valence-corrected chi connectivity index (χ4v) is 4.11. The number of nitrogens with one attached hydrogen (secondary N) is 2. The van der Waals surface area contributed by atoms with E-state index in [1.807, 2.05) is 19.1 Å². The van der Waals surface area contributed by atoms with Crippen molar-refractivity contribution in [1.82, 2.24) is 20.3 Å². The molecule has 4 heterocycles. The second kappa shape index (κ2) is 7.83. The third-order valence-electron chi connectivity index (χ3n) is 5.50. The van der Waals surface area contributed by atoms with Crippen LogP contribution >= 0.6 is 0 Å². The summed E-state index contributed by atoms with van der Waals surface area (Å²) < 4.78 is 16.1. The van der Waals surface area contributed by atoms with Gasteiger partial charge >= 0.3 is 0 Å². The average Bonchev–Trinajstić information content (AvgIpc) is 3.48. The molecule has 2 aliphatic rings. The van der Waals surface area contributed by atoms with Gasteiger partial charge in [-0.1, -0.05) is 5.16 Å². The maximum atomic E-state index is 12.6. The predicted octanol–water partition coefficient (Wildman–Crippen LogP) is 2.92. The van der Waals surface area contributed by atoms with E-state index in [0.29, 0.717) is 29.5 Å². The summed E-state index contributed by atoms with van der Waals surface area (Å²) in [5.41, 5.74) is 3.51. The first-order valence-corrected chi connectivity index (χ1v) is 10.0. The molecule has 156 valence electrons. The van der Waals surface area contributed by atoms with Crippen molar-refractivity contribution in [2.45, 2.75) is 25.7 Å². The number of benzene rings is 1. The lowest BCUT2D eigenvalue weighted by molar-refractivity contribution is -0.117. The molecule has 1 fully saturated rings. The van der Waals surface area contributed by atoms with E-state index in [4.69, 9.17) is 14.0 Å². The molecule has 2 N–H and O–H groups in total. The molecule has 0 radical (unpaired) electrons. The van der Waals surface area contributed by atoms with Gasteiger partial charge in [-0.05, 0) is 38.4 Å². The molecule has 0 unspecified atom stereocenters. The number of fused-ring (bicyclic) bond motifs is 1. The Bertz CT molecular complexity index is 1060. The fourth-order valence-electron chi connectivity index (χ4n) is 4.11. The summed E-state index contributed by atoms with van der Waals surface area (Å²) in [7, 11) is 0. The van der Waals surface area contributed by atoms with Crippen LogP contribution in [0.4, 0.5) is 5.69 Å². The van der Waals surface area contributed by atoms with E-state index in [2.05, 4.69) is 25.6 Å². The lowest BCUT2D eigenvalue weighted by atomic mass is 9.92. The molecule has 9 heteroatoms. The Kier molecular flexibility index (Phi) is 4.88. The van der Waals surface area contributed by atoms with Gasteiger partial charge in [-0.15, -0.1) is 0 Å². The summed E-state index contributed by atoms with van der Waals surface area (Å²) in [4.78, 5) is 14.8. The molecule has 3 aromatic rings. The van der Waals surface area contributed by atoms with Crippen molar-refractivity contribution in [2.75, 3.05) is 31.7 Å². The van der Waals surface area contributed by atoms with Crippen LogP contribution in [0, 0.1) is 6.92 Å². The number of piperidine rings is 1. The monoisotopic (exact) mass is 409 g/mol. The van der Waals surface area contributed by atoms with Gasteiger partial charge in [-0.3, -0.25) is 14.8 Å². The zero-order valence-corrected chi connectivity index (χ0v) is 16.7. The maximum absolute atomic E-state index is 12.6. The van der Waals surface area contributed by atoms with Gasteiger partial charge in [0.25, 0.3) is 0 Å². The Hall–Kier alpha value is -3.33. The van der Waals surface area contributed by atoms with Crippen LogP contribution in [0.25, 0.3) is 11.3 Å². The summed E-state index contributed by atoms with van der Waals surface area (Å²) in [6, 6.07) is 7.32. The number of aryl methyl sites for hydroxylation is 1. The van der Waals surface area contributed by atoms with Crippen molar-refractivity contribution in [3.63, 3.8) is 0 Å². The average molecular weight is 409 g/mol. The van der Waals surface area contributed by atoms with Crippen molar-refractivity contribution in [2.24, 2.45) is 0 Å². The molecule has 0 spiro atoms. The molecule has 1 amide bonds. The highest BCUT2D eigenvalue weighted by molar-refractivity contribution is 5.92. The van der Waals surface area contributed by atoms with E-state index in [0.717, 1.165) is 42.9 Å². The number of amides is 1. The highest BCUT2D eigenvalue weighted by Crippen LogP contribution is 2.35. The Morgan fingerprint density at radius 1 is 1.30 bits per heavy atom. The molecule has 1 saturated heterocycles. The van der Waals surface area contributed by atoms with Crippen LogP contribution in [0.5, 0.6) is 11.5 Å². The van der Waals surface area contributed by atoms with E-state index in [1.54, 1.807) is 18.3 Å². The number of H-pyrrole nitrogens is 1. The van der Waals surface area contributed by atoms with E-state index in [-0.39, 0.29) is 18.6 Å². The number of hydrogen-bond donors (Lipinski definition) is 2. The number of nitrogens with zero attached hydrogens (tertiary/aromatic N) is 3. The number of hydrogen-bond acceptors (Lipinski definition) is 7. The zero-order valence-electron chi connectivity index (χ0n) is 16.7. The third-order valence-corrected chi connectivity index (χ3v) is 5.50. The van der Waals surface area contributed by atoms with Gasteiger partial charge in [0, 0.05) is 30.3 Å². The van der Waals surface area contributed by atoms with Gasteiger partial charge in [0.1, 0.15) is 0 Å². The minimum Gasteiger partial charge on any atom is -0.454 e. The molecule has 2 aromatic heterocycles. The first-order chi connectivity index (χ1) is 14.7. The first-order valence-electron chi connectivity index (χ1n) is 10.0. The lowest BCUT2D eigenvalue weighted by Gasteiger charge is -2.32. The molecule has 2 aliphatic heterocycles. The fraction of sp³-hybridized carbons (Fsp3) is 0.381. The molecule has 1 aromatic carbocycles. The van der Waals surface area contributed by atoms with Gasteiger partial charge in [-0.25, -0.2) is 0 Å². The van der Waals surface area contributed by atoms with Crippen LogP contribution in [0.2, 0.25) is 0 Å². The maximum Gasteiger partial charge on any atom is 0.238 e. The van der Waals surface area contributed by atoms with E-state index >= 15 is 0 Å². The van der Waals surface area contributed by atoms with Crippen molar-refractivity contribution in [3.05, 3.63) is 41.9 Å². The third kappa shape index (κ3) is 3.76. The van der Waals surface area contributed by atoms with Crippen molar-refractivity contribution in [3.8, 4) is 22.8 Å². The van der Waals surface area contributed by atoms with Gasteiger partial charge in [0.2, 0.25) is 12.7 Å². The highest BCUT2D eigenvalue weighted by Gasteiger charge is 2.27. The molecular weight excluding hydrogens is 386 g/mol. The van der Waals surface area contributed by atoms with E-state index in [9.17, 15) is 4.79 Å². The summed E-state index contributed by atoms with van der Waals surface area (Å²) in [6.45, 7) is 4.10. The largest absolute Gasteiger partial charge is 0.454 e. The standard InChI is InChI=1S/C21H23N5O4/c1-13-7-18(30-25-13)16-9-22-24-21(16)14-3-2-6-26(10-14)11-20(27)23-15-4-5-17-19(8-15)29-12-28-17/h4-5,7-9,14H,2-3,6,10-12H2,1H3,(H,22,24)(H,23,27)/t14-/m1/s1. The molecule has 30 heavy (non-hydrogen) atoms. The van der Waals surface area contributed by atoms with Gasteiger partial charge in [0.05, 0.1) is 29.7 Å². The summed E-state index contributed by atoms with van der Waals surface area (Å²) in [6.07, 6.45) is 3.82. The van der Waals surface area contributed by atoms with E-state index < -0.39 is 0 Å². The van der Waals surface area contributed by atoms with Gasteiger partial charge < -0.3 is 19.3 Å². The van der Waals surface area contributed by atoms with E-state index in [1.165, 1.54) is 0 Å². The SMILES string of the molecule is Cc1cc(-c2cn[nH]c2[C@@H]2CCCN(CC(=O)Nc3ccc4c(c3)OCO4)C2)on1. The van der Waals surface area contributed by atoms with Crippen LogP contribution in [0.15, 0.2) is 35.0 Å². The van der Waals surface area contributed by atoms with Crippen LogP contribution in [0.1, 0.15) is 30.1 Å². The Morgan fingerprint density at radius 2 is 2.20 bits per heavy atom. The molecule has 0 saturated carbocycles. The Labute approximate surface area is 173 Å². The Morgan fingerprint density at radius 3 is 3.07 bits per heavy atom. The summed E-state index contributed by atoms with van der Waals surface area (Å²) in [5.74, 6) is 2.27. The second-order valence-corrected chi connectivity index (χ2v) is 7.72. The molecule has 1 atom stereocenters. The number of carbonyl (C=O) groups excluding carboxylic acids is 1. The number of aromatic amines is 1. The zero-order chi connectivity index (χ0) is 20.5. The highest BCUT2D eigenvalue weighted by atomic mass is 16.7. The van der Waals surface area contributed by atoms with Crippen molar-refractivity contribution < 1.29 is 18.8 Å². The van der Waals surface area contributed by atoms with Gasteiger partial charge in [-0.2, -0.15) is 5.10 Å². The number of rotatable bonds is 5. The van der Waals surface area contributed by atoms with Crippen molar-refractivity contribution >= 4 is 11.6 Å². The minimum atomic E-state index is -0.0507. The molecule has 0 bridgehead atoms. The van der Waals surface area contributed by atoms with Crippen LogP contribution < -0.4 is 14.8 Å². The number of ether oxygens (including phenoxy) is 2. The first kappa shape index (κ1) is 18.7. The number of likely N-dealkylation sites (tertiary alicyclic amines) is 1. The summed E-state index contributed by atoms with van der Waals surface area (Å²) in [5, 5.41) is 14.3. The predicted molar refractivity (Wildman–Crippen MR) is 108 cm³/mol. The van der Waals surface area contributed by atoms with Crippen molar-refractivity contribution in [1.29, 1.82) is 0 Å². The van der Waals surface area contributed by atoms with Crippen LogP contribution in [0.3, 0.4) is 0 Å². The molecule has 5 rings (SSSR count). The van der Waals surface area contributed by atoms with Crippen LogP contribution in [-0.4, -0.2) is 52.6 Å². The van der Waals surface area contributed by atoms with Gasteiger partial charge in [0.15, 0.2) is 17.3 Å². The quantitative estimate of drug-likeness (QED) is 0.667. The number of anilines is 1. The molecule has 0 aliphatic carbocycles. The minimum absolute atomic E-state index is 0.0507.